The van der Waals surface area contributed by atoms with Crippen LogP contribution in [-0.2, 0) is 10.0 Å². The fraction of sp³-hybridized carbons (Fsp3) is 0.250. The Kier molecular flexibility index (Phi) is 4.06. The minimum atomic E-state index is -3.48. The number of rotatable bonds is 3. The highest BCUT2D eigenvalue weighted by Gasteiger charge is 2.25. The van der Waals surface area contributed by atoms with E-state index in [0.717, 1.165) is 23.3 Å². The minimum Gasteiger partial charge on any atom is -0.207 e. The summed E-state index contributed by atoms with van der Waals surface area (Å²) in [6.07, 6.45) is 0.812. The van der Waals surface area contributed by atoms with Gasteiger partial charge in [-0.25, -0.2) is 13.1 Å². The van der Waals surface area contributed by atoms with Crippen LogP contribution in [0.2, 0.25) is 0 Å². The Morgan fingerprint density at radius 3 is 2.57 bits per heavy atom. The number of fused-ring (bicyclic) bond motifs is 1. The van der Waals surface area contributed by atoms with Gasteiger partial charge in [-0.05, 0) is 42.9 Å². The molecule has 1 N–H and O–H groups in total. The number of sulfonamides is 1. The SMILES string of the molecule is Cc1ccc(S(=O)(=O)N[C@H]2CCSc3ccccc32)cc1. The molecule has 0 aromatic heterocycles. The van der Waals surface area contributed by atoms with Crippen LogP contribution in [0.1, 0.15) is 23.6 Å². The Morgan fingerprint density at radius 1 is 1.10 bits per heavy atom. The lowest BCUT2D eigenvalue weighted by Crippen LogP contribution is -2.30. The summed E-state index contributed by atoms with van der Waals surface area (Å²) in [5, 5.41) is 0. The molecule has 2 aromatic rings. The van der Waals surface area contributed by atoms with Crippen LogP contribution < -0.4 is 4.72 Å². The van der Waals surface area contributed by atoms with E-state index in [-0.39, 0.29) is 6.04 Å². The summed E-state index contributed by atoms with van der Waals surface area (Å²) in [4.78, 5) is 1.49. The Bertz CT molecular complexity index is 739. The molecule has 0 amide bonds. The Hall–Kier alpha value is -1.30. The van der Waals surface area contributed by atoms with Crippen LogP contribution in [0.25, 0.3) is 0 Å². The second kappa shape index (κ2) is 5.83. The quantitative estimate of drug-likeness (QED) is 0.941. The van der Waals surface area contributed by atoms with Crippen molar-refractivity contribution < 1.29 is 8.42 Å². The van der Waals surface area contributed by atoms with Crippen LogP contribution in [-0.4, -0.2) is 14.2 Å². The second-order valence-corrected chi connectivity index (χ2v) is 8.01. The molecule has 0 bridgehead atoms. The number of hydrogen-bond acceptors (Lipinski definition) is 3. The third-order valence-corrected chi connectivity index (χ3v) is 6.20. The van der Waals surface area contributed by atoms with E-state index in [2.05, 4.69) is 4.72 Å². The highest BCUT2D eigenvalue weighted by Crippen LogP contribution is 2.36. The van der Waals surface area contributed by atoms with Gasteiger partial charge in [0.15, 0.2) is 0 Å². The standard InChI is InChI=1S/C16H17NO2S2/c1-12-6-8-13(9-7-12)21(18,19)17-15-10-11-20-16-5-3-2-4-14(15)16/h2-9,15,17H,10-11H2,1H3/t15-/m0/s1. The van der Waals surface area contributed by atoms with Crippen LogP contribution in [0.15, 0.2) is 58.3 Å². The first-order valence-corrected chi connectivity index (χ1v) is 9.34. The van der Waals surface area contributed by atoms with E-state index in [9.17, 15) is 8.42 Å². The van der Waals surface area contributed by atoms with Crippen LogP contribution in [0, 0.1) is 6.92 Å². The van der Waals surface area contributed by atoms with Crippen molar-refractivity contribution in [2.24, 2.45) is 0 Å². The molecule has 0 fully saturated rings. The minimum absolute atomic E-state index is 0.145. The third-order valence-electron chi connectivity index (χ3n) is 3.59. The number of aryl methyl sites for hydroxylation is 1. The lowest BCUT2D eigenvalue weighted by atomic mass is 10.1. The van der Waals surface area contributed by atoms with Gasteiger partial charge in [-0.15, -0.1) is 11.8 Å². The van der Waals surface area contributed by atoms with Gasteiger partial charge in [0.1, 0.15) is 0 Å². The number of hydrogen-bond donors (Lipinski definition) is 1. The monoisotopic (exact) mass is 319 g/mol. The Balaban J connectivity index is 1.88. The molecule has 2 aromatic carbocycles. The maximum absolute atomic E-state index is 12.5. The van der Waals surface area contributed by atoms with Gasteiger partial charge in [0.05, 0.1) is 4.90 Å². The van der Waals surface area contributed by atoms with E-state index < -0.39 is 10.0 Å². The molecular formula is C16H17NO2S2. The zero-order valence-electron chi connectivity index (χ0n) is 11.7. The molecule has 21 heavy (non-hydrogen) atoms. The molecule has 0 saturated carbocycles. The number of thioether (sulfide) groups is 1. The summed E-state index contributed by atoms with van der Waals surface area (Å²) in [7, 11) is -3.48. The zero-order valence-corrected chi connectivity index (χ0v) is 13.4. The van der Waals surface area contributed by atoms with Gasteiger partial charge >= 0.3 is 0 Å². The van der Waals surface area contributed by atoms with Gasteiger partial charge < -0.3 is 0 Å². The van der Waals surface area contributed by atoms with Gasteiger partial charge in [-0.2, -0.15) is 0 Å². The average Bonchev–Trinajstić information content (AvgIpc) is 2.48. The summed E-state index contributed by atoms with van der Waals surface area (Å²) in [5.41, 5.74) is 2.12. The van der Waals surface area contributed by atoms with Crippen molar-refractivity contribution in [2.45, 2.75) is 29.2 Å². The summed E-state index contributed by atoms with van der Waals surface area (Å²) < 4.78 is 27.9. The topological polar surface area (TPSA) is 46.2 Å². The molecule has 0 spiro atoms. The highest BCUT2D eigenvalue weighted by atomic mass is 32.2. The molecule has 0 unspecified atom stereocenters. The zero-order chi connectivity index (χ0) is 14.9. The Morgan fingerprint density at radius 2 is 1.81 bits per heavy atom. The number of benzene rings is 2. The summed E-state index contributed by atoms with van der Waals surface area (Å²) in [6, 6.07) is 14.8. The molecule has 1 aliphatic heterocycles. The molecule has 0 saturated heterocycles. The molecule has 110 valence electrons. The summed E-state index contributed by atoms with van der Waals surface area (Å²) in [5.74, 6) is 0.929. The van der Waals surface area contributed by atoms with E-state index in [0.29, 0.717) is 4.90 Å². The smallest absolute Gasteiger partial charge is 0.207 e. The molecule has 3 rings (SSSR count). The van der Waals surface area contributed by atoms with Crippen molar-refractivity contribution >= 4 is 21.8 Å². The lowest BCUT2D eigenvalue weighted by Gasteiger charge is -2.25. The van der Waals surface area contributed by atoms with E-state index in [4.69, 9.17) is 0 Å². The molecule has 1 aliphatic rings. The van der Waals surface area contributed by atoms with Crippen molar-refractivity contribution in [3.63, 3.8) is 0 Å². The first kappa shape index (κ1) is 14.6. The average molecular weight is 319 g/mol. The molecule has 5 heteroatoms. The normalized spacial score (nSPS) is 18.2. The molecule has 1 heterocycles. The van der Waals surface area contributed by atoms with Crippen molar-refractivity contribution in [3.05, 3.63) is 59.7 Å². The van der Waals surface area contributed by atoms with Crippen LogP contribution in [0.5, 0.6) is 0 Å². The fourth-order valence-corrected chi connectivity index (χ4v) is 4.81. The van der Waals surface area contributed by atoms with E-state index >= 15 is 0 Å². The van der Waals surface area contributed by atoms with Crippen molar-refractivity contribution in [1.82, 2.24) is 4.72 Å². The third kappa shape index (κ3) is 3.15. The highest BCUT2D eigenvalue weighted by molar-refractivity contribution is 7.99. The van der Waals surface area contributed by atoms with Crippen LogP contribution in [0.4, 0.5) is 0 Å². The predicted octanol–water partition coefficient (Wildman–Crippen LogP) is 3.51. The van der Waals surface area contributed by atoms with Gasteiger partial charge in [0, 0.05) is 10.9 Å². The number of nitrogens with one attached hydrogen (secondary N) is 1. The molecule has 3 nitrogen and oxygen atoms in total. The van der Waals surface area contributed by atoms with Gasteiger partial charge in [0.2, 0.25) is 10.0 Å². The fourth-order valence-electron chi connectivity index (χ4n) is 2.44. The van der Waals surface area contributed by atoms with Crippen molar-refractivity contribution in [3.8, 4) is 0 Å². The van der Waals surface area contributed by atoms with Gasteiger partial charge in [-0.1, -0.05) is 35.9 Å². The summed E-state index contributed by atoms with van der Waals surface area (Å²) in [6.45, 7) is 1.94. The molecule has 1 atom stereocenters. The summed E-state index contributed by atoms with van der Waals surface area (Å²) >= 11 is 1.78. The Labute approximate surface area is 129 Å². The maximum Gasteiger partial charge on any atom is 0.241 e. The molecule has 0 aliphatic carbocycles. The lowest BCUT2D eigenvalue weighted by molar-refractivity contribution is 0.546. The predicted molar refractivity (Wildman–Crippen MR) is 86.0 cm³/mol. The largest absolute Gasteiger partial charge is 0.241 e. The van der Waals surface area contributed by atoms with E-state index in [1.54, 1.807) is 23.9 Å². The second-order valence-electron chi connectivity index (χ2n) is 5.16. The molecule has 0 radical (unpaired) electrons. The maximum atomic E-state index is 12.5. The first-order chi connectivity index (χ1) is 10.1. The van der Waals surface area contributed by atoms with Crippen LogP contribution in [0.3, 0.4) is 0 Å². The van der Waals surface area contributed by atoms with Crippen molar-refractivity contribution in [2.75, 3.05) is 5.75 Å². The van der Waals surface area contributed by atoms with E-state index in [1.165, 1.54) is 4.90 Å². The van der Waals surface area contributed by atoms with Crippen molar-refractivity contribution in [1.29, 1.82) is 0 Å². The van der Waals surface area contributed by atoms with Crippen LogP contribution >= 0.6 is 11.8 Å². The molecular weight excluding hydrogens is 302 g/mol. The first-order valence-electron chi connectivity index (χ1n) is 6.87. The van der Waals surface area contributed by atoms with Gasteiger partial charge in [0.25, 0.3) is 0 Å². The van der Waals surface area contributed by atoms with E-state index in [1.807, 2.05) is 43.3 Å². The van der Waals surface area contributed by atoms with Gasteiger partial charge in [-0.3, -0.25) is 0 Å².